The van der Waals surface area contributed by atoms with Gasteiger partial charge in [-0.25, -0.2) is 9.97 Å². The Morgan fingerprint density at radius 2 is 2.16 bits per heavy atom. The van der Waals surface area contributed by atoms with Gasteiger partial charge < -0.3 is 5.32 Å². The van der Waals surface area contributed by atoms with Crippen molar-refractivity contribution in [3.63, 3.8) is 0 Å². The lowest BCUT2D eigenvalue weighted by Crippen LogP contribution is -2.25. The number of aromatic nitrogens is 4. The van der Waals surface area contributed by atoms with Gasteiger partial charge in [-0.15, -0.1) is 35.1 Å². The molecule has 0 aromatic carbocycles. The molecule has 132 valence electrons. The van der Waals surface area contributed by atoms with Crippen LogP contribution in [0.4, 0.5) is 5.13 Å². The van der Waals surface area contributed by atoms with Gasteiger partial charge in [-0.05, 0) is 13.8 Å². The molecule has 0 saturated carbocycles. The lowest BCUT2D eigenvalue weighted by molar-refractivity contribution is 0.102. The van der Waals surface area contributed by atoms with Gasteiger partial charge in [0.05, 0.1) is 21.3 Å². The monoisotopic (exact) mass is 396 g/mol. The molecule has 0 atom stereocenters. The zero-order valence-electron chi connectivity index (χ0n) is 13.7. The van der Waals surface area contributed by atoms with E-state index in [1.54, 1.807) is 11.3 Å². The number of aromatic amines is 1. The molecule has 25 heavy (non-hydrogen) atoms. The van der Waals surface area contributed by atoms with Crippen LogP contribution < -0.4 is 10.6 Å². The van der Waals surface area contributed by atoms with Crippen LogP contribution in [-0.2, 0) is 13.0 Å². The van der Waals surface area contributed by atoms with Gasteiger partial charge in [0.2, 0.25) is 0 Å². The van der Waals surface area contributed by atoms with E-state index in [0.717, 1.165) is 45.5 Å². The second kappa shape index (κ2) is 7.20. The second-order valence-electron chi connectivity index (χ2n) is 5.60. The first kappa shape index (κ1) is 18.0. The highest BCUT2D eigenvalue weighted by atomic mass is 35.5. The predicted octanol–water partition coefficient (Wildman–Crippen LogP) is 2.93. The fourth-order valence-electron chi connectivity index (χ4n) is 2.77. The van der Waals surface area contributed by atoms with Gasteiger partial charge in [-0.1, -0.05) is 0 Å². The van der Waals surface area contributed by atoms with Crippen molar-refractivity contribution in [2.45, 2.75) is 26.8 Å². The molecule has 4 rings (SSSR count). The first-order chi connectivity index (χ1) is 11.6. The third-order valence-electron chi connectivity index (χ3n) is 3.88. The molecular weight excluding hydrogens is 380 g/mol. The summed E-state index contributed by atoms with van der Waals surface area (Å²) in [6, 6.07) is 0. The fraction of sp³-hybridized carbons (Fsp3) is 0.333. The van der Waals surface area contributed by atoms with Gasteiger partial charge in [-0.3, -0.25) is 15.2 Å². The maximum Gasteiger partial charge on any atom is 0.278 e. The number of halogens is 1. The van der Waals surface area contributed by atoms with E-state index in [2.05, 4.69) is 30.8 Å². The normalized spacial score (nSPS) is 13.2. The van der Waals surface area contributed by atoms with Crippen LogP contribution in [0, 0.1) is 13.8 Å². The number of carbonyl (C=O) groups excluding carboxylic acids is 1. The highest BCUT2D eigenvalue weighted by molar-refractivity contribution is 7.16. The number of carbonyl (C=O) groups is 1. The van der Waals surface area contributed by atoms with Crippen molar-refractivity contribution in [1.82, 2.24) is 25.5 Å². The van der Waals surface area contributed by atoms with E-state index in [1.807, 2.05) is 19.2 Å². The van der Waals surface area contributed by atoms with Crippen LogP contribution in [0.25, 0.3) is 10.6 Å². The highest BCUT2D eigenvalue weighted by Gasteiger charge is 2.22. The zero-order chi connectivity index (χ0) is 16.7. The number of nitrogens with one attached hydrogen (secondary N) is 3. The summed E-state index contributed by atoms with van der Waals surface area (Å²) >= 11 is 3.02. The van der Waals surface area contributed by atoms with Gasteiger partial charge in [0.15, 0.2) is 10.8 Å². The van der Waals surface area contributed by atoms with E-state index in [-0.39, 0.29) is 18.3 Å². The Balaban J connectivity index is 0.00000182. The zero-order valence-corrected chi connectivity index (χ0v) is 16.1. The quantitative estimate of drug-likeness (QED) is 0.632. The topological polar surface area (TPSA) is 95.6 Å². The summed E-state index contributed by atoms with van der Waals surface area (Å²) in [4.78, 5) is 22.5. The van der Waals surface area contributed by atoms with Crippen molar-refractivity contribution < 1.29 is 4.79 Å². The molecule has 1 aliphatic rings. The summed E-state index contributed by atoms with van der Waals surface area (Å²) in [7, 11) is 0. The molecule has 10 heteroatoms. The van der Waals surface area contributed by atoms with E-state index in [4.69, 9.17) is 0 Å². The van der Waals surface area contributed by atoms with Gasteiger partial charge in [-0.2, -0.15) is 5.10 Å². The Hall–Kier alpha value is -1.81. The van der Waals surface area contributed by atoms with Crippen molar-refractivity contribution in [1.29, 1.82) is 0 Å². The van der Waals surface area contributed by atoms with Crippen LogP contribution in [0.15, 0.2) is 5.38 Å². The molecule has 4 heterocycles. The van der Waals surface area contributed by atoms with Gasteiger partial charge in [0.25, 0.3) is 5.91 Å². The van der Waals surface area contributed by atoms with Crippen molar-refractivity contribution in [3.8, 4) is 10.6 Å². The van der Waals surface area contributed by atoms with Crippen LogP contribution in [0.1, 0.15) is 32.4 Å². The molecule has 3 aromatic rings. The molecule has 0 radical (unpaired) electrons. The summed E-state index contributed by atoms with van der Waals surface area (Å²) in [5, 5.41) is 16.8. The average molecular weight is 397 g/mol. The Morgan fingerprint density at radius 3 is 2.92 bits per heavy atom. The van der Waals surface area contributed by atoms with E-state index >= 15 is 0 Å². The van der Waals surface area contributed by atoms with Gasteiger partial charge in [0, 0.05) is 36.1 Å². The van der Waals surface area contributed by atoms with Gasteiger partial charge >= 0.3 is 0 Å². The Labute approximate surface area is 158 Å². The number of hydrogen-bond acceptors (Lipinski definition) is 7. The highest BCUT2D eigenvalue weighted by Crippen LogP contribution is 2.32. The molecular formula is C15H17ClN6OS2. The van der Waals surface area contributed by atoms with Gasteiger partial charge in [0.1, 0.15) is 0 Å². The maximum atomic E-state index is 12.5. The Kier molecular flexibility index (Phi) is 5.19. The third kappa shape index (κ3) is 3.45. The minimum absolute atomic E-state index is 0. The van der Waals surface area contributed by atoms with Crippen molar-refractivity contribution in [2.75, 3.05) is 11.9 Å². The molecule has 3 aromatic heterocycles. The number of nitrogens with zero attached hydrogens (tertiary/aromatic N) is 3. The van der Waals surface area contributed by atoms with Crippen LogP contribution in [-0.4, -0.2) is 32.6 Å². The molecule has 0 unspecified atom stereocenters. The Morgan fingerprint density at radius 1 is 1.32 bits per heavy atom. The number of anilines is 1. The Bertz CT molecular complexity index is 915. The summed E-state index contributed by atoms with van der Waals surface area (Å²) in [6.07, 6.45) is 0.862. The summed E-state index contributed by atoms with van der Waals surface area (Å²) in [5.74, 6) is -0.227. The molecule has 0 spiro atoms. The first-order valence-corrected chi connectivity index (χ1v) is 9.29. The van der Waals surface area contributed by atoms with Crippen LogP contribution >= 0.6 is 35.1 Å². The number of hydrogen-bond donors (Lipinski definition) is 3. The molecule has 0 aliphatic carbocycles. The molecule has 3 N–H and O–H groups in total. The minimum atomic E-state index is -0.227. The second-order valence-corrected chi connectivity index (χ2v) is 7.66. The van der Waals surface area contributed by atoms with Crippen molar-refractivity contribution >= 4 is 46.1 Å². The fourth-order valence-corrected chi connectivity index (χ4v) is 4.43. The molecule has 7 nitrogen and oxygen atoms in total. The first-order valence-electron chi connectivity index (χ1n) is 7.60. The molecule has 1 amide bonds. The van der Waals surface area contributed by atoms with Crippen molar-refractivity contribution in [3.05, 3.63) is 33.0 Å². The summed E-state index contributed by atoms with van der Waals surface area (Å²) < 4.78 is 0. The number of H-pyrrole nitrogens is 1. The van der Waals surface area contributed by atoms with Crippen molar-refractivity contribution in [2.24, 2.45) is 0 Å². The van der Waals surface area contributed by atoms with E-state index in [1.165, 1.54) is 11.3 Å². The number of fused-ring (bicyclic) bond motifs is 1. The molecule has 0 fully saturated rings. The van der Waals surface area contributed by atoms with Crippen LogP contribution in [0.3, 0.4) is 0 Å². The summed E-state index contributed by atoms with van der Waals surface area (Å²) in [6.45, 7) is 5.52. The minimum Gasteiger partial charge on any atom is -0.312 e. The smallest absolute Gasteiger partial charge is 0.278 e. The SMILES string of the molecule is Cc1nc(C)c(-c2csc(NC(=O)c3n[nH]c4c3CNCC4)n2)s1.Cl. The van der Waals surface area contributed by atoms with E-state index < -0.39 is 0 Å². The number of amides is 1. The number of thiazole rings is 2. The molecule has 0 saturated heterocycles. The van der Waals surface area contributed by atoms with Crippen LogP contribution in [0.2, 0.25) is 0 Å². The lowest BCUT2D eigenvalue weighted by Gasteiger charge is -2.12. The average Bonchev–Trinajstić information content (AvgIpc) is 3.25. The summed E-state index contributed by atoms with van der Waals surface area (Å²) in [5.41, 5.74) is 4.25. The van der Waals surface area contributed by atoms with E-state index in [9.17, 15) is 4.79 Å². The molecule has 1 aliphatic heterocycles. The number of rotatable bonds is 3. The largest absolute Gasteiger partial charge is 0.312 e. The lowest BCUT2D eigenvalue weighted by atomic mass is 10.1. The maximum absolute atomic E-state index is 12.5. The number of aryl methyl sites for hydroxylation is 2. The molecule has 0 bridgehead atoms. The van der Waals surface area contributed by atoms with E-state index in [0.29, 0.717) is 17.4 Å². The third-order valence-corrected chi connectivity index (χ3v) is 5.74. The predicted molar refractivity (Wildman–Crippen MR) is 102 cm³/mol. The van der Waals surface area contributed by atoms with Crippen LogP contribution in [0.5, 0.6) is 0 Å². The standard InChI is InChI=1S/C15H16N6OS2.ClH/c1-7-13(24-8(2)17-7)11-6-23-15(18-11)19-14(22)12-9-5-16-4-3-10(9)20-21-12;/h6,16H,3-5H2,1-2H3,(H,20,21)(H,18,19,22);1H.